The first kappa shape index (κ1) is 17.0. The molecular formula is C11H11Cl2IrN. The molecule has 0 unspecified atom stereocenters. The number of nitrogens with zero attached hydrogens (tertiary/aromatic N) is 1. The molecule has 0 spiro atoms. The smallest absolute Gasteiger partial charge is 0.0701 e. The molecular weight excluding hydrogens is 409 g/mol. The average molecular weight is 420 g/mol. The molecule has 83 valence electrons. The molecule has 4 heteroatoms. The maximum Gasteiger partial charge on any atom is 0.0701 e. The Morgan fingerprint density at radius 2 is 1.33 bits per heavy atom. The summed E-state index contributed by atoms with van der Waals surface area (Å²) >= 11 is 0. The minimum atomic E-state index is 0. The van der Waals surface area contributed by atoms with Crippen molar-refractivity contribution in [3.05, 3.63) is 54.7 Å². The third kappa shape index (κ3) is 4.76. The van der Waals surface area contributed by atoms with Crippen LogP contribution in [0.5, 0.6) is 0 Å². The van der Waals surface area contributed by atoms with E-state index in [0.29, 0.717) is 0 Å². The van der Waals surface area contributed by atoms with Gasteiger partial charge in [0.05, 0.1) is 5.69 Å². The molecule has 15 heavy (non-hydrogen) atoms. The summed E-state index contributed by atoms with van der Waals surface area (Å²) in [5.74, 6) is 0. The van der Waals surface area contributed by atoms with Crippen molar-refractivity contribution in [2.24, 2.45) is 0 Å². The molecule has 2 rings (SSSR count). The number of hydrogen-bond donors (Lipinski definition) is 0. The van der Waals surface area contributed by atoms with Crippen LogP contribution in [-0.2, 0) is 20.1 Å². The standard InChI is InChI=1S/C11H9N.2ClH.Ir/c1-2-6-10(7-3-1)11-8-4-5-9-12-11;;;/h1-9H;2*1H;. The van der Waals surface area contributed by atoms with Gasteiger partial charge >= 0.3 is 0 Å². The summed E-state index contributed by atoms with van der Waals surface area (Å²) in [5, 5.41) is 0. The fourth-order valence-corrected chi connectivity index (χ4v) is 1.14. The Morgan fingerprint density at radius 1 is 0.733 bits per heavy atom. The van der Waals surface area contributed by atoms with Crippen molar-refractivity contribution >= 4 is 24.8 Å². The van der Waals surface area contributed by atoms with Crippen LogP contribution in [0.25, 0.3) is 11.3 Å². The van der Waals surface area contributed by atoms with Gasteiger partial charge in [0.25, 0.3) is 0 Å². The third-order valence-electron chi connectivity index (χ3n) is 1.73. The van der Waals surface area contributed by atoms with Crippen molar-refractivity contribution in [1.82, 2.24) is 4.98 Å². The van der Waals surface area contributed by atoms with Crippen LogP contribution in [-0.4, -0.2) is 4.98 Å². The molecule has 0 aliphatic rings. The molecule has 0 aliphatic heterocycles. The molecule has 0 atom stereocenters. The number of benzene rings is 1. The number of pyridine rings is 1. The molecule has 2 aromatic rings. The van der Waals surface area contributed by atoms with Gasteiger partial charge in [-0.05, 0) is 12.1 Å². The zero-order valence-electron chi connectivity index (χ0n) is 7.79. The molecule has 1 radical (unpaired) electrons. The van der Waals surface area contributed by atoms with Crippen LogP contribution in [0, 0.1) is 0 Å². The largest absolute Gasteiger partial charge is 0.256 e. The van der Waals surface area contributed by atoms with E-state index in [0.717, 1.165) is 11.3 Å². The summed E-state index contributed by atoms with van der Waals surface area (Å²) < 4.78 is 0. The molecule has 0 saturated heterocycles. The van der Waals surface area contributed by atoms with Crippen molar-refractivity contribution in [3.63, 3.8) is 0 Å². The van der Waals surface area contributed by atoms with Crippen LogP contribution in [0.4, 0.5) is 0 Å². The van der Waals surface area contributed by atoms with Gasteiger partial charge in [0.15, 0.2) is 0 Å². The Morgan fingerprint density at radius 3 is 1.87 bits per heavy atom. The quantitative estimate of drug-likeness (QED) is 0.687. The first-order valence-electron chi connectivity index (χ1n) is 3.93. The predicted octanol–water partition coefficient (Wildman–Crippen LogP) is 3.59. The van der Waals surface area contributed by atoms with Crippen LogP contribution < -0.4 is 0 Å². The van der Waals surface area contributed by atoms with Gasteiger partial charge in [0.1, 0.15) is 0 Å². The van der Waals surface area contributed by atoms with E-state index in [4.69, 9.17) is 0 Å². The average Bonchev–Trinajstić information content (AvgIpc) is 2.21. The minimum Gasteiger partial charge on any atom is -0.256 e. The van der Waals surface area contributed by atoms with E-state index in [1.54, 1.807) is 0 Å². The Balaban J connectivity index is 0. The Bertz CT molecular complexity index is 316. The van der Waals surface area contributed by atoms with Gasteiger partial charge in [-0.1, -0.05) is 36.4 Å². The second kappa shape index (κ2) is 8.87. The maximum absolute atomic E-state index is 4.25. The van der Waals surface area contributed by atoms with Crippen LogP contribution in [0.2, 0.25) is 0 Å². The number of halogens is 2. The van der Waals surface area contributed by atoms with E-state index >= 15 is 0 Å². The van der Waals surface area contributed by atoms with Crippen LogP contribution in [0.1, 0.15) is 0 Å². The van der Waals surface area contributed by atoms with Crippen molar-refractivity contribution in [1.29, 1.82) is 0 Å². The molecule has 1 heterocycles. The normalized spacial score (nSPS) is 7.73. The van der Waals surface area contributed by atoms with Gasteiger partial charge in [0.2, 0.25) is 0 Å². The fraction of sp³-hybridized carbons (Fsp3) is 0. The van der Waals surface area contributed by atoms with Crippen LogP contribution in [0.3, 0.4) is 0 Å². The predicted molar refractivity (Wildman–Crippen MR) is 64.2 cm³/mol. The summed E-state index contributed by atoms with van der Waals surface area (Å²) in [6.45, 7) is 0. The molecule has 1 nitrogen and oxygen atoms in total. The van der Waals surface area contributed by atoms with Gasteiger partial charge in [-0.3, -0.25) is 4.98 Å². The zero-order valence-corrected chi connectivity index (χ0v) is 11.8. The van der Waals surface area contributed by atoms with Crippen molar-refractivity contribution < 1.29 is 20.1 Å². The Kier molecular flexibility index (Phi) is 10.1. The fourth-order valence-electron chi connectivity index (χ4n) is 1.14. The first-order valence-corrected chi connectivity index (χ1v) is 3.93. The molecule has 1 aromatic heterocycles. The monoisotopic (exact) mass is 420 g/mol. The van der Waals surface area contributed by atoms with E-state index in [-0.39, 0.29) is 44.9 Å². The number of hydrogen-bond acceptors (Lipinski definition) is 1. The molecule has 0 bridgehead atoms. The Hall–Kier alpha value is -0.401. The summed E-state index contributed by atoms with van der Waals surface area (Å²) in [5.41, 5.74) is 2.19. The van der Waals surface area contributed by atoms with Crippen molar-refractivity contribution in [2.45, 2.75) is 0 Å². The first-order chi connectivity index (χ1) is 5.97. The van der Waals surface area contributed by atoms with Gasteiger partial charge in [-0.2, -0.15) is 0 Å². The molecule has 1 aromatic carbocycles. The molecule has 0 saturated carbocycles. The van der Waals surface area contributed by atoms with E-state index < -0.39 is 0 Å². The zero-order chi connectivity index (χ0) is 8.23. The Labute approximate surface area is 115 Å². The molecule has 0 aliphatic carbocycles. The molecule has 0 N–H and O–H groups in total. The third-order valence-corrected chi connectivity index (χ3v) is 1.73. The second-order valence-electron chi connectivity index (χ2n) is 2.58. The van der Waals surface area contributed by atoms with Gasteiger partial charge in [0, 0.05) is 31.9 Å². The summed E-state index contributed by atoms with van der Waals surface area (Å²) in [7, 11) is 0. The number of aromatic nitrogens is 1. The SMILES string of the molecule is Cl.Cl.[Ir].c1ccc(-c2ccccn2)cc1. The van der Waals surface area contributed by atoms with Crippen molar-refractivity contribution in [2.75, 3.05) is 0 Å². The van der Waals surface area contributed by atoms with Crippen LogP contribution >= 0.6 is 24.8 Å². The van der Waals surface area contributed by atoms with E-state index in [2.05, 4.69) is 17.1 Å². The van der Waals surface area contributed by atoms with Gasteiger partial charge in [-0.25, -0.2) is 0 Å². The maximum atomic E-state index is 4.25. The van der Waals surface area contributed by atoms with Crippen LogP contribution in [0.15, 0.2) is 54.7 Å². The summed E-state index contributed by atoms with van der Waals surface area (Å²) in [6, 6.07) is 16.1. The van der Waals surface area contributed by atoms with E-state index in [9.17, 15) is 0 Å². The minimum absolute atomic E-state index is 0. The number of rotatable bonds is 1. The molecule has 0 fully saturated rings. The van der Waals surface area contributed by atoms with E-state index in [1.165, 1.54) is 0 Å². The summed E-state index contributed by atoms with van der Waals surface area (Å²) in [4.78, 5) is 4.25. The second-order valence-corrected chi connectivity index (χ2v) is 2.58. The topological polar surface area (TPSA) is 12.9 Å². The van der Waals surface area contributed by atoms with E-state index in [1.807, 2.05) is 42.6 Å². The van der Waals surface area contributed by atoms with Gasteiger partial charge in [-0.15, -0.1) is 24.8 Å². The summed E-state index contributed by atoms with van der Waals surface area (Å²) in [6.07, 6.45) is 1.81. The van der Waals surface area contributed by atoms with Gasteiger partial charge < -0.3 is 0 Å². The molecule has 0 amide bonds. The van der Waals surface area contributed by atoms with Crippen molar-refractivity contribution in [3.8, 4) is 11.3 Å².